The van der Waals surface area contributed by atoms with Crippen molar-refractivity contribution in [2.75, 3.05) is 11.1 Å². The maximum Gasteiger partial charge on any atom is 0.326 e. The minimum absolute atomic E-state index is 0.0453. The van der Waals surface area contributed by atoms with Crippen LogP contribution in [-0.2, 0) is 16.1 Å². The number of rotatable bonds is 9. The van der Waals surface area contributed by atoms with E-state index >= 15 is 0 Å². The number of H-pyrrole nitrogens is 1. The van der Waals surface area contributed by atoms with Gasteiger partial charge in [-0.1, -0.05) is 12.1 Å². The van der Waals surface area contributed by atoms with E-state index in [2.05, 4.69) is 20.6 Å². The standard InChI is InChI=1S/C21H21N5O6/c22-21-25-15-6-5-13(9-14(15)19(30)26-21)23-10-11-1-3-12(4-2-11)18(29)24-16(20(31)32)7-8-17(27)28/h1-6,9,16,23H,7-8,10H2,(H,24,29)(H,27,28)(H,31,32)(H3,22,25,26,30)/t16-/m1/s1. The monoisotopic (exact) mass is 439 g/mol. The second kappa shape index (κ2) is 9.60. The van der Waals surface area contributed by atoms with Crippen molar-refractivity contribution < 1.29 is 24.6 Å². The number of carboxylic acids is 2. The molecule has 1 amide bonds. The second-order valence-corrected chi connectivity index (χ2v) is 7.03. The Hall–Kier alpha value is -4.41. The van der Waals surface area contributed by atoms with Crippen LogP contribution in [0.4, 0.5) is 11.6 Å². The lowest BCUT2D eigenvalue weighted by Gasteiger charge is -2.14. The van der Waals surface area contributed by atoms with Gasteiger partial charge in [0.1, 0.15) is 6.04 Å². The van der Waals surface area contributed by atoms with Gasteiger partial charge in [0.2, 0.25) is 5.95 Å². The van der Waals surface area contributed by atoms with Crippen LogP contribution >= 0.6 is 0 Å². The molecule has 32 heavy (non-hydrogen) atoms. The number of benzene rings is 2. The van der Waals surface area contributed by atoms with Crippen molar-refractivity contribution in [1.82, 2.24) is 15.3 Å². The number of aromatic nitrogens is 2. The van der Waals surface area contributed by atoms with Gasteiger partial charge in [0, 0.05) is 24.2 Å². The molecule has 0 fully saturated rings. The number of anilines is 2. The summed E-state index contributed by atoms with van der Waals surface area (Å²) in [5.74, 6) is -3.00. The summed E-state index contributed by atoms with van der Waals surface area (Å²) >= 11 is 0. The lowest BCUT2D eigenvalue weighted by atomic mass is 10.1. The van der Waals surface area contributed by atoms with E-state index in [9.17, 15) is 19.2 Å². The maximum absolute atomic E-state index is 12.3. The molecule has 0 saturated heterocycles. The smallest absolute Gasteiger partial charge is 0.326 e. The fourth-order valence-electron chi connectivity index (χ4n) is 3.01. The molecule has 0 bridgehead atoms. The predicted octanol–water partition coefficient (Wildman–Crippen LogP) is 1.17. The fraction of sp³-hybridized carbons (Fsp3) is 0.190. The van der Waals surface area contributed by atoms with E-state index in [1.165, 1.54) is 0 Å². The molecule has 0 aliphatic rings. The molecule has 166 valence electrons. The average molecular weight is 439 g/mol. The van der Waals surface area contributed by atoms with Gasteiger partial charge in [-0.05, 0) is 42.3 Å². The quantitative estimate of drug-likeness (QED) is 0.284. The molecule has 0 spiro atoms. The summed E-state index contributed by atoms with van der Waals surface area (Å²) in [5.41, 5.74) is 7.46. The van der Waals surface area contributed by atoms with Gasteiger partial charge in [-0.15, -0.1) is 0 Å². The number of nitrogens with one attached hydrogen (secondary N) is 3. The average Bonchev–Trinajstić information content (AvgIpc) is 2.75. The van der Waals surface area contributed by atoms with Crippen LogP contribution < -0.4 is 21.9 Å². The molecule has 0 saturated carbocycles. The van der Waals surface area contributed by atoms with Crippen LogP contribution in [0.3, 0.4) is 0 Å². The summed E-state index contributed by atoms with van der Waals surface area (Å²) in [4.78, 5) is 52.7. The molecule has 7 N–H and O–H groups in total. The molecule has 0 unspecified atom stereocenters. The third kappa shape index (κ3) is 5.59. The van der Waals surface area contributed by atoms with Crippen molar-refractivity contribution in [2.45, 2.75) is 25.4 Å². The third-order valence-electron chi connectivity index (χ3n) is 4.69. The molecule has 3 rings (SSSR count). The number of nitrogens with two attached hydrogens (primary N) is 1. The predicted molar refractivity (Wildman–Crippen MR) is 116 cm³/mol. The first-order chi connectivity index (χ1) is 15.2. The summed E-state index contributed by atoms with van der Waals surface area (Å²) < 4.78 is 0. The van der Waals surface area contributed by atoms with Crippen LogP contribution in [-0.4, -0.2) is 44.1 Å². The molecule has 11 heteroatoms. The van der Waals surface area contributed by atoms with Crippen molar-refractivity contribution in [1.29, 1.82) is 0 Å². The SMILES string of the molecule is Nc1nc2ccc(NCc3ccc(C(=O)N[C@H](CCC(=O)O)C(=O)O)cc3)cc2c(=O)[nH]1. The Labute approximate surface area is 181 Å². The number of hydrogen-bond donors (Lipinski definition) is 6. The number of nitrogen functional groups attached to an aromatic ring is 1. The summed E-state index contributed by atoms with van der Waals surface area (Å²) in [5, 5.41) is 23.7. The molecule has 1 aromatic heterocycles. The van der Waals surface area contributed by atoms with E-state index in [1.54, 1.807) is 42.5 Å². The molecular weight excluding hydrogens is 418 g/mol. The highest BCUT2D eigenvalue weighted by Crippen LogP contribution is 2.16. The minimum atomic E-state index is -1.30. The van der Waals surface area contributed by atoms with Gasteiger partial charge in [0.05, 0.1) is 10.9 Å². The fourth-order valence-corrected chi connectivity index (χ4v) is 3.01. The van der Waals surface area contributed by atoms with Crippen LogP contribution in [0.25, 0.3) is 10.9 Å². The second-order valence-electron chi connectivity index (χ2n) is 7.03. The topological polar surface area (TPSA) is 187 Å². The Morgan fingerprint density at radius 2 is 1.81 bits per heavy atom. The van der Waals surface area contributed by atoms with Crippen LogP contribution in [0, 0.1) is 0 Å². The van der Waals surface area contributed by atoms with E-state index in [-0.39, 0.29) is 29.9 Å². The van der Waals surface area contributed by atoms with E-state index < -0.39 is 23.9 Å². The highest BCUT2D eigenvalue weighted by molar-refractivity contribution is 5.96. The minimum Gasteiger partial charge on any atom is -0.481 e. The van der Waals surface area contributed by atoms with Crippen molar-refractivity contribution >= 4 is 40.4 Å². The number of carboxylic acid groups (broad SMARTS) is 2. The lowest BCUT2D eigenvalue weighted by molar-refractivity contribution is -0.140. The zero-order valence-corrected chi connectivity index (χ0v) is 16.8. The molecule has 2 aromatic carbocycles. The largest absolute Gasteiger partial charge is 0.481 e. The van der Waals surface area contributed by atoms with Crippen molar-refractivity contribution in [3.8, 4) is 0 Å². The maximum atomic E-state index is 12.3. The van der Waals surface area contributed by atoms with Gasteiger partial charge in [-0.25, -0.2) is 9.78 Å². The Bertz CT molecular complexity index is 1220. The van der Waals surface area contributed by atoms with Crippen molar-refractivity contribution in [3.63, 3.8) is 0 Å². The van der Waals surface area contributed by atoms with Gasteiger partial charge < -0.3 is 26.6 Å². The van der Waals surface area contributed by atoms with E-state index in [1.807, 2.05) is 0 Å². The molecule has 1 atom stereocenters. The number of nitrogens with zero attached hydrogens (tertiary/aromatic N) is 1. The zero-order chi connectivity index (χ0) is 23.3. The first kappa shape index (κ1) is 22.3. The summed E-state index contributed by atoms with van der Waals surface area (Å²) in [6.07, 6.45) is -0.582. The number of aromatic amines is 1. The number of aliphatic carboxylic acids is 2. The van der Waals surface area contributed by atoms with Crippen LogP contribution in [0.5, 0.6) is 0 Å². The number of fused-ring (bicyclic) bond motifs is 1. The molecule has 0 aliphatic carbocycles. The Morgan fingerprint density at radius 3 is 2.47 bits per heavy atom. The molecular formula is C21H21N5O6. The zero-order valence-electron chi connectivity index (χ0n) is 16.8. The van der Waals surface area contributed by atoms with E-state index in [4.69, 9.17) is 15.9 Å². The van der Waals surface area contributed by atoms with Gasteiger partial charge >= 0.3 is 11.9 Å². The molecule has 0 aliphatic heterocycles. The molecule has 1 heterocycles. The first-order valence-electron chi connectivity index (χ1n) is 9.61. The third-order valence-corrected chi connectivity index (χ3v) is 4.69. The normalized spacial score (nSPS) is 11.6. The summed E-state index contributed by atoms with van der Waals surface area (Å²) in [7, 11) is 0. The highest BCUT2D eigenvalue weighted by atomic mass is 16.4. The van der Waals surface area contributed by atoms with Crippen molar-refractivity contribution in [2.24, 2.45) is 0 Å². The Balaban J connectivity index is 1.62. The van der Waals surface area contributed by atoms with E-state index in [0.717, 1.165) is 5.56 Å². The molecule has 3 aromatic rings. The summed E-state index contributed by atoms with van der Waals surface area (Å²) in [6.45, 7) is 0.407. The molecule has 0 radical (unpaired) electrons. The van der Waals surface area contributed by atoms with Gasteiger partial charge in [-0.2, -0.15) is 0 Å². The number of amides is 1. The van der Waals surface area contributed by atoms with Gasteiger partial charge in [0.25, 0.3) is 11.5 Å². The Kier molecular flexibility index (Phi) is 6.68. The van der Waals surface area contributed by atoms with Crippen LogP contribution in [0.1, 0.15) is 28.8 Å². The number of carbonyl (C=O) groups excluding carboxylic acids is 1. The highest BCUT2D eigenvalue weighted by Gasteiger charge is 2.21. The van der Waals surface area contributed by atoms with Crippen LogP contribution in [0.2, 0.25) is 0 Å². The number of carbonyl (C=O) groups is 3. The number of hydrogen-bond acceptors (Lipinski definition) is 7. The van der Waals surface area contributed by atoms with E-state index in [0.29, 0.717) is 23.1 Å². The Morgan fingerprint density at radius 1 is 1.09 bits per heavy atom. The first-order valence-corrected chi connectivity index (χ1v) is 9.61. The summed E-state index contributed by atoms with van der Waals surface area (Å²) in [6, 6.07) is 10.3. The molecule has 11 nitrogen and oxygen atoms in total. The van der Waals surface area contributed by atoms with Crippen molar-refractivity contribution in [3.05, 3.63) is 63.9 Å². The van der Waals surface area contributed by atoms with Gasteiger partial charge in [-0.3, -0.25) is 19.4 Å². The van der Waals surface area contributed by atoms with Crippen LogP contribution in [0.15, 0.2) is 47.3 Å². The lowest BCUT2D eigenvalue weighted by Crippen LogP contribution is -2.41. The van der Waals surface area contributed by atoms with Gasteiger partial charge in [0.15, 0.2) is 0 Å².